The maximum Gasteiger partial charge on any atom is 0.326 e. The first-order valence-electron chi connectivity index (χ1n) is 8.61. The highest BCUT2D eigenvalue weighted by molar-refractivity contribution is 5.83. The number of rotatable bonds is 7. The number of benzene rings is 1. The van der Waals surface area contributed by atoms with Gasteiger partial charge in [-0.05, 0) is 25.0 Å². The van der Waals surface area contributed by atoms with Gasteiger partial charge in [-0.2, -0.15) is 0 Å². The highest BCUT2D eigenvalue weighted by atomic mass is 16.5. The Morgan fingerprint density at radius 3 is 2.77 bits per heavy atom. The van der Waals surface area contributed by atoms with Crippen LogP contribution >= 0.6 is 0 Å². The third kappa shape index (κ3) is 4.66. The Kier molecular flexibility index (Phi) is 5.96. The zero-order chi connectivity index (χ0) is 18.4. The molecule has 0 spiro atoms. The monoisotopic (exact) mass is 359 g/mol. The zero-order valence-electron chi connectivity index (χ0n) is 14.3. The summed E-state index contributed by atoms with van der Waals surface area (Å²) in [6.45, 7) is 0.985. The fourth-order valence-corrected chi connectivity index (χ4v) is 2.93. The molecule has 26 heavy (non-hydrogen) atoms. The normalized spacial score (nSPS) is 18.2. The number of aliphatic carboxylic acids is 1. The maximum absolute atomic E-state index is 12.1. The zero-order valence-corrected chi connectivity index (χ0v) is 14.3. The molecule has 0 bridgehead atoms. The van der Waals surface area contributed by atoms with E-state index in [0.29, 0.717) is 25.0 Å². The number of nitrogens with one attached hydrogen (secondary N) is 1. The average Bonchev–Trinajstić information content (AvgIpc) is 3.15. The van der Waals surface area contributed by atoms with Crippen molar-refractivity contribution in [2.45, 2.75) is 31.7 Å². The van der Waals surface area contributed by atoms with Crippen LogP contribution in [0.3, 0.4) is 0 Å². The second-order valence-electron chi connectivity index (χ2n) is 6.23. The van der Waals surface area contributed by atoms with Crippen LogP contribution < -0.4 is 5.32 Å². The maximum atomic E-state index is 12.1. The van der Waals surface area contributed by atoms with E-state index >= 15 is 0 Å². The van der Waals surface area contributed by atoms with Gasteiger partial charge in [-0.3, -0.25) is 4.79 Å². The van der Waals surface area contributed by atoms with E-state index in [1.165, 1.54) is 0 Å². The van der Waals surface area contributed by atoms with Crippen molar-refractivity contribution >= 4 is 11.9 Å². The summed E-state index contributed by atoms with van der Waals surface area (Å²) in [5.41, 5.74) is 0.805. The van der Waals surface area contributed by atoms with Gasteiger partial charge in [0.2, 0.25) is 17.7 Å². The van der Waals surface area contributed by atoms with Crippen molar-refractivity contribution in [1.82, 2.24) is 15.5 Å². The number of aryl methyl sites for hydroxylation is 1. The summed E-state index contributed by atoms with van der Waals surface area (Å²) in [5.74, 6) is -0.880. The molecule has 2 heterocycles. The van der Waals surface area contributed by atoms with Crippen molar-refractivity contribution in [3.63, 3.8) is 0 Å². The van der Waals surface area contributed by atoms with Crippen LogP contribution in [0.25, 0.3) is 11.5 Å². The molecule has 1 aromatic heterocycles. The molecule has 3 rings (SSSR count). The number of amides is 1. The Morgan fingerprint density at radius 2 is 2.08 bits per heavy atom. The number of carbonyl (C=O) groups excluding carboxylic acids is 1. The second kappa shape index (κ2) is 8.57. The molecule has 8 heteroatoms. The first-order valence-corrected chi connectivity index (χ1v) is 8.61. The molecule has 1 fully saturated rings. The van der Waals surface area contributed by atoms with Crippen molar-refractivity contribution in [2.24, 2.45) is 5.92 Å². The van der Waals surface area contributed by atoms with Gasteiger partial charge >= 0.3 is 5.97 Å². The van der Waals surface area contributed by atoms with E-state index in [1.54, 1.807) is 0 Å². The molecule has 1 saturated heterocycles. The van der Waals surface area contributed by atoms with Crippen LogP contribution in [-0.2, 0) is 20.7 Å². The minimum absolute atomic E-state index is 0.0772. The number of ether oxygens (including phenoxy) is 1. The van der Waals surface area contributed by atoms with Gasteiger partial charge in [0.1, 0.15) is 6.04 Å². The number of carboxylic acid groups (broad SMARTS) is 1. The number of hydrogen-bond acceptors (Lipinski definition) is 6. The van der Waals surface area contributed by atoms with Crippen LogP contribution in [0.5, 0.6) is 0 Å². The number of hydrogen-bond donors (Lipinski definition) is 2. The minimum Gasteiger partial charge on any atom is -0.480 e. The van der Waals surface area contributed by atoms with Crippen LogP contribution in [0.1, 0.15) is 25.2 Å². The Morgan fingerprint density at radius 1 is 1.27 bits per heavy atom. The van der Waals surface area contributed by atoms with Crippen LogP contribution in [0.15, 0.2) is 34.7 Å². The van der Waals surface area contributed by atoms with Crippen molar-refractivity contribution < 1.29 is 23.8 Å². The number of nitrogens with zero attached hydrogens (tertiary/aromatic N) is 2. The summed E-state index contributed by atoms with van der Waals surface area (Å²) in [4.78, 5) is 23.6. The Hall–Kier alpha value is -2.74. The first kappa shape index (κ1) is 18.1. The number of carboxylic acids is 1. The summed E-state index contributed by atoms with van der Waals surface area (Å²) in [6.07, 6.45) is 1.85. The molecular weight excluding hydrogens is 338 g/mol. The van der Waals surface area contributed by atoms with Crippen molar-refractivity contribution in [3.05, 3.63) is 36.2 Å². The van der Waals surface area contributed by atoms with Crippen LogP contribution in [0.4, 0.5) is 0 Å². The SMILES string of the molecule is O=C(CCc1nnc(-c2ccccc2)o1)NC(C(=O)O)C1CCCOC1. The number of aromatic nitrogens is 2. The van der Waals surface area contributed by atoms with Crippen LogP contribution in [-0.4, -0.2) is 46.4 Å². The Balaban J connectivity index is 1.53. The standard InChI is InChI=1S/C18H21N3O5/c22-14(19-16(18(23)24)13-7-4-10-25-11-13)8-9-15-20-21-17(26-15)12-5-2-1-3-6-12/h1-3,5-6,13,16H,4,7-11H2,(H,19,22)(H,23,24). The van der Waals surface area contributed by atoms with Gasteiger partial charge in [0.15, 0.2) is 0 Å². The molecule has 2 unspecified atom stereocenters. The summed E-state index contributed by atoms with van der Waals surface area (Å²) in [5, 5.41) is 19.9. The highest BCUT2D eigenvalue weighted by Gasteiger charge is 2.31. The quantitative estimate of drug-likeness (QED) is 0.772. The van der Waals surface area contributed by atoms with E-state index in [0.717, 1.165) is 18.4 Å². The lowest BCUT2D eigenvalue weighted by Crippen LogP contribution is -2.48. The van der Waals surface area contributed by atoms with Gasteiger partial charge < -0.3 is 19.6 Å². The molecule has 1 aromatic carbocycles. The molecule has 0 aliphatic carbocycles. The largest absolute Gasteiger partial charge is 0.480 e. The summed E-state index contributed by atoms with van der Waals surface area (Å²) in [7, 11) is 0. The highest BCUT2D eigenvalue weighted by Crippen LogP contribution is 2.19. The Labute approximate surface area is 150 Å². The van der Waals surface area contributed by atoms with E-state index < -0.39 is 12.0 Å². The van der Waals surface area contributed by atoms with Gasteiger partial charge in [0.25, 0.3) is 0 Å². The lowest BCUT2D eigenvalue weighted by atomic mass is 9.93. The van der Waals surface area contributed by atoms with E-state index in [1.807, 2.05) is 30.3 Å². The molecule has 2 atom stereocenters. The lowest BCUT2D eigenvalue weighted by Gasteiger charge is -2.28. The van der Waals surface area contributed by atoms with Gasteiger partial charge in [0, 0.05) is 30.9 Å². The van der Waals surface area contributed by atoms with Crippen molar-refractivity contribution in [2.75, 3.05) is 13.2 Å². The lowest BCUT2D eigenvalue weighted by molar-refractivity contribution is -0.145. The summed E-state index contributed by atoms with van der Waals surface area (Å²) < 4.78 is 10.9. The summed E-state index contributed by atoms with van der Waals surface area (Å²) >= 11 is 0. The Bertz CT molecular complexity index is 740. The minimum atomic E-state index is -1.04. The van der Waals surface area contributed by atoms with Gasteiger partial charge in [0.05, 0.1) is 6.61 Å². The average molecular weight is 359 g/mol. The third-order valence-electron chi connectivity index (χ3n) is 4.30. The smallest absolute Gasteiger partial charge is 0.326 e. The predicted molar refractivity (Wildman–Crippen MR) is 91.2 cm³/mol. The fourth-order valence-electron chi connectivity index (χ4n) is 2.93. The van der Waals surface area contributed by atoms with Crippen molar-refractivity contribution in [1.29, 1.82) is 0 Å². The van der Waals surface area contributed by atoms with Crippen LogP contribution in [0, 0.1) is 5.92 Å². The third-order valence-corrected chi connectivity index (χ3v) is 4.30. The second-order valence-corrected chi connectivity index (χ2v) is 6.23. The first-order chi connectivity index (χ1) is 12.6. The molecule has 0 radical (unpaired) electrons. The van der Waals surface area contributed by atoms with Gasteiger partial charge in [-0.25, -0.2) is 4.79 Å². The molecule has 2 N–H and O–H groups in total. The van der Waals surface area contributed by atoms with E-state index in [-0.39, 0.29) is 24.7 Å². The molecule has 1 aliphatic rings. The fraction of sp³-hybridized carbons (Fsp3) is 0.444. The molecule has 0 saturated carbocycles. The molecule has 8 nitrogen and oxygen atoms in total. The predicted octanol–water partition coefficient (Wildman–Crippen LogP) is 1.67. The van der Waals surface area contributed by atoms with E-state index in [4.69, 9.17) is 9.15 Å². The molecule has 2 aromatic rings. The molecule has 138 valence electrons. The molecule has 1 aliphatic heterocycles. The van der Waals surface area contributed by atoms with Gasteiger partial charge in [-0.1, -0.05) is 18.2 Å². The van der Waals surface area contributed by atoms with Gasteiger partial charge in [-0.15, -0.1) is 10.2 Å². The molecule has 1 amide bonds. The number of carbonyl (C=O) groups is 2. The molecular formula is C18H21N3O5. The summed E-state index contributed by atoms with van der Waals surface area (Å²) in [6, 6.07) is 8.40. The van der Waals surface area contributed by atoms with Crippen LogP contribution in [0.2, 0.25) is 0 Å². The topological polar surface area (TPSA) is 115 Å². The van der Waals surface area contributed by atoms with Crippen molar-refractivity contribution in [3.8, 4) is 11.5 Å². The van der Waals surface area contributed by atoms with E-state index in [2.05, 4.69) is 15.5 Å². The van der Waals surface area contributed by atoms with E-state index in [9.17, 15) is 14.7 Å².